The zero-order valence-corrected chi connectivity index (χ0v) is 16.4. The molecule has 1 aromatic heterocycles. The number of aryl methyl sites for hydroxylation is 1. The van der Waals surface area contributed by atoms with Gasteiger partial charge in [0.15, 0.2) is 0 Å². The van der Waals surface area contributed by atoms with E-state index >= 15 is 0 Å². The van der Waals surface area contributed by atoms with Gasteiger partial charge in [-0.25, -0.2) is 0 Å². The van der Waals surface area contributed by atoms with Crippen LogP contribution in [0.25, 0.3) is 10.9 Å². The highest BCUT2D eigenvalue weighted by atomic mass is 16.5. The molecule has 5 heteroatoms. The Morgan fingerprint density at radius 3 is 2.61 bits per heavy atom. The average Bonchev–Trinajstić information content (AvgIpc) is 3.09. The van der Waals surface area contributed by atoms with E-state index in [1.807, 2.05) is 71.1 Å². The maximum Gasteiger partial charge on any atom is 0.270 e. The van der Waals surface area contributed by atoms with E-state index in [1.54, 1.807) is 7.11 Å². The van der Waals surface area contributed by atoms with E-state index in [9.17, 15) is 4.79 Å². The van der Waals surface area contributed by atoms with Crippen molar-refractivity contribution in [1.82, 2.24) is 9.47 Å². The van der Waals surface area contributed by atoms with Gasteiger partial charge in [0.25, 0.3) is 5.91 Å². The van der Waals surface area contributed by atoms with Gasteiger partial charge in [-0.3, -0.25) is 4.79 Å². The molecule has 1 atom stereocenters. The summed E-state index contributed by atoms with van der Waals surface area (Å²) < 4.78 is 13.1. The molecule has 0 radical (unpaired) electrons. The predicted molar refractivity (Wildman–Crippen MR) is 110 cm³/mol. The van der Waals surface area contributed by atoms with Crippen molar-refractivity contribution < 1.29 is 14.3 Å². The van der Waals surface area contributed by atoms with Gasteiger partial charge in [-0.15, -0.1) is 0 Å². The number of nitrogens with zero attached hydrogens (tertiary/aromatic N) is 2. The smallest absolute Gasteiger partial charge is 0.270 e. The SMILES string of the molecule is COc1ccc(OC[C@H]2CCCN(C(=O)c3cc4ccccc4n3C)C2)cc1. The minimum atomic E-state index is 0.104. The molecule has 1 saturated heterocycles. The lowest BCUT2D eigenvalue weighted by Gasteiger charge is -2.32. The van der Waals surface area contributed by atoms with Gasteiger partial charge >= 0.3 is 0 Å². The number of hydrogen-bond donors (Lipinski definition) is 0. The quantitative estimate of drug-likeness (QED) is 0.671. The third-order valence-corrected chi connectivity index (χ3v) is 5.52. The van der Waals surface area contributed by atoms with Crippen LogP contribution in [0.15, 0.2) is 54.6 Å². The number of ether oxygens (including phenoxy) is 2. The lowest BCUT2D eigenvalue weighted by Crippen LogP contribution is -2.42. The topological polar surface area (TPSA) is 43.7 Å². The number of amides is 1. The second-order valence-corrected chi connectivity index (χ2v) is 7.39. The van der Waals surface area contributed by atoms with E-state index in [4.69, 9.17) is 9.47 Å². The highest BCUT2D eigenvalue weighted by molar-refractivity contribution is 5.98. The minimum Gasteiger partial charge on any atom is -0.497 e. The van der Waals surface area contributed by atoms with Crippen molar-refractivity contribution in [3.63, 3.8) is 0 Å². The molecule has 0 bridgehead atoms. The minimum absolute atomic E-state index is 0.104. The van der Waals surface area contributed by atoms with Crippen molar-refractivity contribution in [2.45, 2.75) is 12.8 Å². The van der Waals surface area contributed by atoms with E-state index in [2.05, 4.69) is 0 Å². The van der Waals surface area contributed by atoms with E-state index in [0.29, 0.717) is 12.5 Å². The second-order valence-electron chi connectivity index (χ2n) is 7.39. The highest BCUT2D eigenvalue weighted by Crippen LogP contribution is 2.24. The molecule has 1 aliphatic rings. The monoisotopic (exact) mass is 378 g/mol. The summed E-state index contributed by atoms with van der Waals surface area (Å²) in [5, 5.41) is 1.10. The third-order valence-electron chi connectivity index (χ3n) is 5.52. The van der Waals surface area contributed by atoms with Gasteiger partial charge in [0.1, 0.15) is 17.2 Å². The molecular formula is C23H26N2O3. The standard InChI is InChI=1S/C23H26N2O3/c1-24-21-8-4-3-7-18(21)14-22(24)23(26)25-13-5-6-17(15-25)16-28-20-11-9-19(27-2)10-12-20/h3-4,7-12,14,17H,5-6,13,15-16H2,1-2H3/t17-/m0/s1. The van der Waals surface area contributed by atoms with Crippen molar-refractivity contribution in [2.75, 3.05) is 26.8 Å². The number of hydrogen-bond acceptors (Lipinski definition) is 3. The normalized spacial score (nSPS) is 16.9. The summed E-state index contributed by atoms with van der Waals surface area (Å²) in [6.07, 6.45) is 2.08. The van der Waals surface area contributed by atoms with Crippen molar-refractivity contribution in [2.24, 2.45) is 13.0 Å². The number of carbonyl (C=O) groups excluding carboxylic acids is 1. The fourth-order valence-corrected chi connectivity index (χ4v) is 3.93. The first-order chi connectivity index (χ1) is 13.7. The zero-order chi connectivity index (χ0) is 19.5. The van der Waals surface area contributed by atoms with Crippen LogP contribution < -0.4 is 9.47 Å². The maximum absolute atomic E-state index is 13.1. The van der Waals surface area contributed by atoms with Crippen LogP contribution in [0, 0.1) is 5.92 Å². The summed E-state index contributed by atoms with van der Waals surface area (Å²) in [4.78, 5) is 15.1. The molecule has 28 heavy (non-hydrogen) atoms. The molecular weight excluding hydrogens is 352 g/mol. The molecule has 1 aliphatic heterocycles. The number of piperidine rings is 1. The molecule has 4 rings (SSSR count). The van der Waals surface area contributed by atoms with Crippen LogP contribution in [0.2, 0.25) is 0 Å². The van der Waals surface area contributed by atoms with Crippen LogP contribution in [-0.4, -0.2) is 42.2 Å². The summed E-state index contributed by atoms with van der Waals surface area (Å²) in [5.74, 6) is 2.09. The summed E-state index contributed by atoms with van der Waals surface area (Å²) >= 11 is 0. The molecule has 0 N–H and O–H groups in total. The molecule has 0 unspecified atom stereocenters. The molecule has 0 saturated carbocycles. The Morgan fingerprint density at radius 1 is 1.11 bits per heavy atom. The number of fused-ring (bicyclic) bond motifs is 1. The number of rotatable bonds is 5. The largest absolute Gasteiger partial charge is 0.497 e. The molecule has 0 aliphatic carbocycles. The van der Waals surface area contributed by atoms with Crippen LogP contribution in [0.3, 0.4) is 0 Å². The number of para-hydroxylation sites is 1. The Kier molecular flexibility index (Phi) is 5.24. The van der Waals surface area contributed by atoms with Crippen molar-refractivity contribution >= 4 is 16.8 Å². The van der Waals surface area contributed by atoms with Gasteiger partial charge in [-0.05, 0) is 49.2 Å². The molecule has 146 valence electrons. The molecule has 5 nitrogen and oxygen atoms in total. The van der Waals surface area contributed by atoms with Crippen LogP contribution in [-0.2, 0) is 7.05 Å². The maximum atomic E-state index is 13.1. The summed E-state index contributed by atoms with van der Waals surface area (Å²) in [7, 11) is 3.61. The number of aromatic nitrogens is 1. The first-order valence-corrected chi connectivity index (χ1v) is 9.76. The van der Waals surface area contributed by atoms with Crippen LogP contribution in [0.1, 0.15) is 23.3 Å². The number of benzene rings is 2. The van der Waals surface area contributed by atoms with Crippen molar-refractivity contribution in [3.05, 3.63) is 60.3 Å². The molecule has 2 aromatic carbocycles. The summed E-state index contributed by atoms with van der Waals surface area (Å²) in [6, 6.07) is 17.7. The lowest BCUT2D eigenvalue weighted by molar-refractivity contribution is 0.0624. The lowest BCUT2D eigenvalue weighted by atomic mass is 9.98. The average molecular weight is 378 g/mol. The number of likely N-dealkylation sites (tertiary alicyclic amines) is 1. The predicted octanol–water partition coefficient (Wildman–Crippen LogP) is 4.12. The molecule has 1 amide bonds. The van der Waals surface area contributed by atoms with E-state index in [1.165, 1.54) is 0 Å². The van der Waals surface area contributed by atoms with Crippen LogP contribution in [0.4, 0.5) is 0 Å². The summed E-state index contributed by atoms with van der Waals surface area (Å²) in [5.41, 5.74) is 1.83. The molecule has 3 aromatic rings. The Labute approximate surface area is 165 Å². The van der Waals surface area contributed by atoms with Crippen LogP contribution in [0.5, 0.6) is 11.5 Å². The van der Waals surface area contributed by atoms with Crippen LogP contribution >= 0.6 is 0 Å². The van der Waals surface area contributed by atoms with E-state index in [0.717, 1.165) is 54.0 Å². The van der Waals surface area contributed by atoms with Gasteiger partial charge in [0.2, 0.25) is 0 Å². The second kappa shape index (κ2) is 7.97. The number of methoxy groups -OCH3 is 1. The van der Waals surface area contributed by atoms with Gasteiger partial charge < -0.3 is 18.9 Å². The van der Waals surface area contributed by atoms with Crippen molar-refractivity contribution in [3.8, 4) is 11.5 Å². The Morgan fingerprint density at radius 2 is 1.86 bits per heavy atom. The molecule has 2 heterocycles. The van der Waals surface area contributed by atoms with Gasteiger partial charge in [-0.2, -0.15) is 0 Å². The molecule has 0 spiro atoms. The van der Waals surface area contributed by atoms with E-state index < -0.39 is 0 Å². The van der Waals surface area contributed by atoms with Gasteiger partial charge in [0, 0.05) is 37.0 Å². The van der Waals surface area contributed by atoms with Gasteiger partial charge in [-0.1, -0.05) is 18.2 Å². The summed E-state index contributed by atoms with van der Waals surface area (Å²) in [6.45, 7) is 2.15. The Bertz CT molecular complexity index is 962. The van der Waals surface area contributed by atoms with Gasteiger partial charge in [0.05, 0.1) is 13.7 Å². The fourth-order valence-electron chi connectivity index (χ4n) is 3.93. The first-order valence-electron chi connectivity index (χ1n) is 9.76. The Balaban J connectivity index is 1.41. The fraction of sp³-hybridized carbons (Fsp3) is 0.348. The van der Waals surface area contributed by atoms with E-state index in [-0.39, 0.29) is 5.91 Å². The van der Waals surface area contributed by atoms with Crippen molar-refractivity contribution in [1.29, 1.82) is 0 Å². The molecule has 1 fully saturated rings. The first kappa shape index (κ1) is 18.4. The Hall–Kier alpha value is -2.95. The number of carbonyl (C=O) groups is 1. The zero-order valence-electron chi connectivity index (χ0n) is 16.4. The third kappa shape index (κ3) is 3.70. The highest BCUT2D eigenvalue weighted by Gasteiger charge is 2.26.